The van der Waals surface area contributed by atoms with Crippen molar-refractivity contribution >= 4 is 40.7 Å². The minimum Gasteiger partial charge on any atom is -0.475 e. The molecule has 3 rings (SSSR count). The average Bonchev–Trinajstić information content (AvgIpc) is 3.27. The Hall–Kier alpha value is -3.67. The quantitative estimate of drug-likeness (QED) is 0.344. The summed E-state index contributed by atoms with van der Waals surface area (Å²) in [5.41, 5.74) is 1.68. The Bertz CT molecular complexity index is 1050. The summed E-state index contributed by atoms with van der Waals surface area (Å²) >= 11 is 1.75. The Morgan fingerprint density at radius 1 is 1.03 bits per heavy atom. The lowest BCUT2D eigenvalue weighted by Gasteiger charge is -2.10. The van der Waals surface area contributed by atoms with Crippen molar-refractivity contribution in [2.45, 2.75) is 25.9 Å². The molecular weight excluding hydrogens is 471 g/mol. The van der Waals surface area contributed by atoms with E-state index >= 15 is 0 Å². The number of hydrogen-bond acceptors (Lipinski definition) is 7. The van der Waals surface area contributed by atoms with Gasteiger partial charge in [0.2, 0.25) is 11.9 Å². The molecule has 182 valence electrons. The molecule has 3 aromatic rings. The SMILES string of the molecule is Cc1cc(NCCC(=O)Nc2ccccc2)nc(NCCc2cccs2)n1.O=C(O)C(F)(F)F. The van der Waals surface area contributed by atoms with Gasteiger partial charge in [0.25, 0.3) is 0 Å². The molecule has 0 bridgehead atoms. The number of aromatic nitrogens is 2. The van der Waals surface area contributed by atoms with Crippen LogP contribution in [0.5, 0.6) is 0 Å². The number of anilines is 3. The highest BCUT2D eigenvalue weighted by Gasteiger charge is 2.38. The molecule has 0 aliphatic carbocycles. The molecule has 12 heteroatoms. The molecule has 1 aromatic carbocycles. The maximum Gasteiger partial charge on any atom is 0.490 e. The monoisotopic (exact) mass is 495 g/mol. The van der Waals surface area contributed by atoms with E-state index in [1.54, 1.807) is 11.3 Å². The highest BCUT2D eigenvalue weighted by Crippen LogP contribution is 2.13. The Morgan fingerprint density at radius 2 is 1.74 bits per heavy atom. The number of carboxylic acid groups (broad SMARTS) is 1. The van der Waals surface area contributed by atoms with Crippen LogP contribution in [0.4, 0.5) is 30.6 Å². The number of benzene rings is 1. The number of carbonyl (C=O) groups is 2. The summed E-state index contributed by atoms with van der Waals surface area (Å²) in [6.45, 7) is 3.21. The second-order valence-electron chi connectivity index (χ2n) is 6.87. The molecule has 0 unspecified atom stereocenters. The number of thiophene rings is 1. The summed E-state index contributed by atoms with van der Waals surface area (Å²) < 4.78 is 31.7. The third kappa shape index (κ3) is 10.3. The van der Waals surface area contributed by atoms with Gasteiger partial charge in [-0.05, 0) is 36.9 Å². The number of nitrogens with one attached hydrogen (secondary N) is 3. The van der Waals surface area contributed by atoms with Crippen molar-refractivity contribution in [2.24, 2.45) is 0 Å². The fraction of sp³-hybridized carbons (Fsp3) is 0.273. The smallest absolute Gasteiger partial charge is 0.475 e. The van der Waals surface area contributed by atoms with Crippen molar-refractivity contribution in [1.29, 1.82) is 0 Å². The Labute approximate surface area is 198 Å². The van der Waals surface area contributed by atoms with E-state index < -0.39 is 12.1 Å². The number of alkyl halides is 3. The van der Waals surface area contributed by atoms with Crippen LogP contribution in [0.2, 0.25) is 0 Å². The number of halogens is 3. The maximum absolute atomic E-state index is 12.0. The first-order chi connectivity index (χ1) is 16.1. The third-order valence-corrected chi connectivity index (χ3v) is 4.98. The van der Waals surface area contributed by atoms with Crippen LogP contribution in [-0.2, 0) is 16.0 Å². The lowest BCUT2D eigenvalue weighted by Crippen LogP contribution is -2.21. The van der Waals surface area contributed by atoms with Crippen LogP contribution in [-0.4, -0.2) is 46.2 Å². The van der Waals surface area contributed by atoms with Crippen molar-refractivity contribution in [1.82, 2.24) is 9.97 Å². The standard InChI is InChI=1S/C20H23N5OS.C2HF3O2/c1-15-14-18(21-12-10-19(26)24-16-6-3-2-4-7-16)25-20(23-15)22-11-9-17-8-5-13-27-17;3-2(4,5)1(6)7/h2-8,13-14H,9-12H2,1H3,(H,24,26)(H2,21,22,23,25);(H,6,7). The Balaban J connectivity index is 0.000000509. The second kappa shape index (κ2) is 13.1. The van der Waals surface area contributed by atoms with Crippen LogP contribution in [0, 0.1) is 6.92 Å². The zero-order chi connectivity index (χ0) is 25.0. The molecule has 1 amide bonds. The summed E-state index contributed by atoms with van der Waals surface area (Å²) in [5.74, 6) is -1.47. The van der Waals surface area contributed by atoms with Gasteiger partial charge in [-0.1, -0.05) is 24.3 Å². The second-order valence-corrected chi connectivity index (χ2v) is 7.90. The molecule has 0 radical (unpaired) electrons. The minimum atomic E-state index is -5.08. The molecule has 0 spiro atoms. The average molecular weight is 496 g/mol. The fourth-order valence-electron chi connectivity index (χ4n) is 2.54. The molecule has 2 aromatic heterocycles. The zero-order valence-electron chi connectivity index (χ0n) is 18.2. The van der Waals surface area contributed by atoms with Gasteiger partial charge in [-0.2, -0.15) is 18.2 Å². The molecule has 0 aliphatic rings. The normalized spacial score (nSPS) is 10.6. The summed E-state index contributed by atoms with van der Waals surface area (Å²) in [5, 5.41) is 18.5. The third-order valence-electron chi connectivity index (χ3n) is 4.05. The van der Waals surface area contributed by atoms with E-state index in [0.717, 1.165) is 24.3 Å². The van der Waals surface area contributed by atoms with Crippen LogP contribution >= 0.6 is 11.3 Å². The van der Waals surface area contributed by atoms with Gasteiger partial charge in [-0.25, -0.2) is 9.78 Å². The largest absolute Gasteiger partial charge is 0.490 e. The first-order valence-electron chi connectivity index (χ1n) is 10.1. The number of carboxylic acids is 1. The van der Waals surface area contributed by atoms with Crippen molar-refractivity contribution in [3.63, 3.8) is 0 Å². The summed E-state index contributed by atoms with van der Waals surface area (Å²) in [4.78, 5) is 31.1. The van der Waals surface area contributed by atoms with E-state index in [1.165, 1.54) is 4.88 Å². The van der Waals surface area contributed by atoms with Crippen LogP contribution in [0.3, 0.4) is 0 Å². The van der Waals surface area contributed by atoms with E-state index in [1.807, 2.05) is 43.3 Å². The molecule has 8 nitrogen and oxygen atoms in total. The molecule has 0 saturated carbocycles. The predicted octanol–water partition coefficient (Wildman–Crippen LogP) is 4.58. The molecule has 0 aliphatic heterocycles. The number of rotatable bonds is 9. The molecule has 4 N–H and O–H groups in total. The number of aryl methyl sites for hydroxylation is 1. The summed E-state index contributed by atoms with van der Waals surface area (Å²) in [6, 6.07) is 15.5. The van der Waals surface area contributed by atoms with Gasteiger partial charge in [0.15, 0.2) is 0 Å². The molecule has 0 saturated heterocycles. The van der Waals surface area contributed by atoms with Gasteiger partial charge in [0.05, 0.1) is 0 Å². The number of amides is 1. The number of carbonyl (C=O) groups excluding carboxylic acids is 1. The van der Waals surface area contributed by atoms with E-state index in [9.17, 15) is 18.0 Å². The molecule has 34 heavy (non-hydrogen) atoms. The van der Waals surface area contributed by atoms with Gasteiger partial charge in [-0.3, -0.25) is 4.79 Å². The molecule has 0 atom stereocenters. The number of para-hydroxylation sites is 1. The van der Waals surface area contributed by atoms with Gasteiger partial charge >= 0.3 is 12.1 Å². The van der Waals surface area contributed by atoms with Crippen molar-refractivity contribution in [2.75, 3.05) is 29.0 Å². The van der Waals surface area contributed by atoms with Crippen molar-refractivity contribution < 1.29 is 27.9 Å². The first kappa shape index (κ1) is 26.6. The number of hydrogen-bond donors (Lipinski definition) is 4. The lowest BCUT2D eigenvalue weighted by atomic mass is 10.3. The van der Waals surface area contributed by atoms with E-state index in [4.69, 9.17) is 9.90 Å². The van der Waals surface area contributed by atoms with E-state index in [-0.39, 0.29) is 5.91 Å². The van der Waals surface area contributed by atoms with Crippen LogP contribution in [0.25, 0.3) is 0 Å². The zero-order valence-corrected chi connectivity index (χ0v) is 19.0. The van der Waals surface area contributed by atoms with Gasteiger partial charge in [0.1, 0.15) is 5.82 Å². The Kier molecular flexibility index (Phi) is 10.3. The highest BCUT2D eigenvalue weighted by atomic mass is 32.1. The van der Waals surface area contributed by atoms with Gasteiger partial charge < -0.3 is 21.1 Å². The molecular formula is C22H24F3N5O3S. The summed E-state index contributed by atoms with van der Waals surface area (Å²) in [6.07, 6.45) is -3.78. The highest BCUT2D eigenvalue weighted by molar-refractivity contribution is 7.09. The number of aliphatic carboxylic acids is 1. The van der Waals surface area contributed by atoms with Crippen molar-refractivity contribution in [3.8, 4) is 0 Å². The molecule has 2 heterocycles. The minimum absolute atomic E-state index is 0.0335. The van der Waals surface area contributed by atoms with Gasteiger partial charge in [0, 0.05) is 41.8 Å². The van der Waals surface area contributed by atoms with Crippen LogP contribution in [0.15, 0.2) is 53.9 Å². The molecule has 0 fully saturated rings. The van der Waals surface area contributed by atoms with Crippen LogP contribution < -0.4 is 16.0 Å². The number of nitrogens with zero attached hydrogens (tertiary/aromatic N) is 2. The summed E-state index contributed by atoms with van der Waals surface area (Å²) in [7, 11) is 0. The predicted molar refractivity (Wildman–Crippen MR) is 125 cm³/mol. The Morgan fingerprint density at radius 3 is 2.35 bits per heavy atom. The van der Waals surface area contributed by atoms with E-state index in [2.05, 4.69) is 43.4 Å². The maximum atomic E-state index is 12.0. The van der Waals surface area contributed by atoms with Crippen molar-refractivity contribution in [3.05, 3.63) is 64.5 Å². The van der Waals surface area contributed by atoms with Gasteiger partial charge in [-0.15, -0.1) is 11.3 Å². The topological polar surface area (TPSA) is 116 Å². The van der Waals surface area contributed by atoms with E-state index in [0.29, 0.717) is 24.7 Å². The fourth-order valence-corrected chi connectivity index (χ4v) is 3.25. The lowest BCUT2D eigenvalue weighted by molar-refractivity contribution is -0.192. The first-order valence-corrected chi connectivity index (χ1v) is 11.0. The van der Waals surface area contributed by atoms with Crippen LogP contribution in [0.1, 0.15) is 17.0 Å².